The smallest absolute Gasteiger partial charge is 0.306 e. The minimum Gasteiger partial charge on any atom is -0.481 e. The Labute approximate surface area is 312 Å². The molecule has 1 atom stereocenters. The normalized spacial score (nSPS) is 17.7. The SMILES string of the molecule is COc1nc(-c2cccc(-c3cccc(N4Cc5nc(CN6CCC(C(=O)O)CC6)nc(OC)c5C4)c3Cl)c2Cl)ccc1CNCC1CCC(=O)N1. The predicted molar refractivity (Wildman–Crippen MR) is 199 cm³/mol. The summed E-state index contributed by atoms with van der Waals surface area (Å²) >= 11 is 14.3. The van der Waals surface area contributed by atoms with Crippen molar-refractivity contribution in [3.63, 3.8) is 0 Å². The number of carbonyl (C=O) groups is 2. The first-order valence-electron chi connectivity index (χ1n) is 17.5. The fraction of sp³-hybridized carbons (Fsp3) is 0.395. The van der Waals surface area contributed by atoms with E-state index >= 15 is 0 Å². The van der Waals surface area contributed by atoms with Crippen molar-refractivity contribution in [2.24, 2.45) is 5.92 Å². The maximum absolute atomic E-state index is 11.5. The van der Waals surface area contributed by atoms with Gasteiger partial charge >= 0.3 is 5.97 Å². The van der Waals surface area contributed by atoms with Crippen LogP contribution in [-0.2, 0) is 35.8 Å². The molecule has 2 aromatic heterocycles. The molecule has 2 fully saturated rings. The minimum absolute atomic E-state index is 0.0959. The summed E-state index contributed by atoms with van der Waals surface area (Å²) in [6.45, 7) is 4.18. The molecule has 0 radical (unpaired) electrons. The number of nitrogens with one attached hydrogen (secondary N) is 2. The van der Waals surface area contributed by atoms with Crippen LogP contribution in [0.2, 0.25) is 10.0 Å². The zero-order valence-corrected chi connectivity index (χ0v) is 30.6. The highest BCUT2D eigenvalue weighted by molar-refractivity contribution is 6.39. The van der Waals surface area contributed by atoms with E-state index in [0.29, 0.717) is 98.4 Å². The van der Waals surface area contributed by atoms with Crippen molar-refractivity contribution in [3.8, 4) is 34.1 Å². The molecule has 12 nitrogen and oxygen atoms in total. The van der Waals surface area contributed by atoms with E-state index in [1.807, 2.05) is 48.5 Å². The average molecular weight is 747 g/mol. The number of hydrogen-bond donors (Lipinski definition) is 3. The van der Waals surface area contributed by atoms with E-state index < -0.39 is 5.97 Å². The Balaban J connectivity index is 1.08. The molecule has 0 aliphatic carbocycles. The van der Waals surface area contributed by atoms with Gasteiger partial charge in [0.15, 0.2) is 0 Å². The maximum atomic E-state index is 11.5. The number of aliphatic carboxylic acids is 1. The summed E-state index contributed by atoms with van der Waals surface area (Å²) in [7, 11) is 3.21. The number of rotatable bonds is 12. The largest absolute Gasteiger partial charge is 0.481 e. The fourth-order valence-corrected chi connectivity index (χ4v) is 7.95. The molecule has 0 saturated carbocycles. The van der Waals surface area contributed by atoms with Gasteiger partial charge in [-0.05, 0) is 44.5 Å². The number of methoxy groups -OCH3 is 2. The number of anilines is 1. The number of benzene rings is 2. The zero-order chi connectivity index (χ0) is 36.4. The van der Waals surface area contributed by atoms with Crippen molar-refractivity contribution in [1.29, 1.82) is 0 Å². The first-order chi connectivity index (χ1) is 25.2. The molecule has 3 aliphatic heterocycles. The maximum Gasteiger partial charge on any atom is 0.306 e. The van der Waals surface area contributed by atoms with Gasteiger partial charge in [-0.15, -0.1) is 0 Å². The molecule has 0 bridgehead atoms. The third-order valence-corrected chi connectivity index (χ3v) is 10.9. The summed E-state index contributed by atoms with van der Waals surface area (Å²) < 4.78 is 11.4. The molecular weight excluding hydrogens is 705 g/mol. The molecule has 5 heterocycles. The summed E-state index contributed by atoms with van der Waals surface area (Å²) in [5.74, 6) is 0.770. The Morgan fingerprint density at radius 2 is 1.65 bits per heavy atom. The number of carbonyl (C=O) groups excluding carboxylic acids is 1. The minimum atomic E-state index is -0.728. The topological polar surface area (TPSA) is 142 Å². The van der Waals surface area contributed by atoms with Gasteiger partial charge in [0.2, 0.25) is 17.7 Å². The van der Waals surface area contributed by atoms with Gasteiger partial charge in [0.25, 0.3) is 0 Å². The van der Waals surface area contributed by atoms with Crippen molar-refractivity contribution in [2.75, 3.05) is 38.8 Å². The number of aromatic nitrogens is 3. The Kier molecular flexibility index (Phi) is 10.8. The van der Waals surface area contributed by atoms with Crippen molar-refractivity contribution < 1.29 is 24.2 Å². The molecule has 4 aromatic rings. The number of halogens is 2. The van der Waals surface area contributed by atoms with E-state index in [9.17, 15) is 14.7 Å². The van der Waals surface area contributed by atoms with E-state index in [1.165, 1.54) is 0 Å². The molecule has 2 aromatic carbocycles. The van der Waals surface area contributed by atoms with Gasteiger partial charge in [-0.1, -0.05) is 59.6 Å². The molecule has 2 saturated heterocycles. The molecular formula is C38H41Cl2N7O5. The molecule has 52 heavy (non-hydrogen) atoms. The van der Waals surface area contributed by atoms with Crippen LogP contribution in [-0.4, -0.2) is 76.7 Å². The quantitative estimate of drug-likeness (QED) is 0.164. The van der Waals surface area contributed by atoms with Crippen LogP contribution < -0.4 is 25.0 Å². The first-order valence-corrected chi connectivity index (χ1v) is 18.2. The van der Waals surface area contributed by atoms with Gasteiger partial charge in [0, 0.05) is 47.8 Å². The first kappa shape index (κ1) is 35.9. The highest BCUT2D eigenvalue weighted by Gasteiger charge is 2.30. The third kappa shape index (κ3) is 7.52. The molecule has 1 amide bonds. The van der Waals surface area contributed by atoms with E-state index in [4.69, 9.17) is 47.6 Å². The van der Waals surface area contributed by atoms with Gasteiger partial charge in [-0.2, -0.15) is 4.98 Å². The van der Waals surface area contributed by atoms with Crippen molar-refractivity contribution in [1.82, 2.24) is 30.5 Å². The lowest BCUT2D eigenvalue weighted by atomic mass is 9.97. The highest BCUT2D eigenvalue weighted by atomic mass is 35.5. The van der Waals surface area contributed by atoms with Crippen molar-refractivity contribution >= 4 is 40.8 Å². The molecule has 14 heteroatoms. The lowest BCUT2D eigenvalue weighted by molar-refractivity contribution is -0.143. The number of nitrogens with zero attached hydrogens (tertiary/aromatic N) is 5. The summed E-state index contributed by atoms with van der Waals surface area (Å²) in [5, 5.41) is 16.8. The van der Waals surface area contributed by atoms with Crippen LogP contribution >= 0.6 is 23.2 Å². The van der Waals surface area contributed by atoms with Crippen LogP contribution in [0.3, 0.4) is 0 Å². The summed E-state index contributed by atoms with van der Waals surface area (Å²) in [4.78, 5) is 41.7. The van der Waals surface area contributed by atoms with E-state index in [1.54, 1.807) is 14.2 Å². The zero-order valence-electron chi connectivity index (χ0n) is 29.1. The third-order valence-electron chi connectivity index (χ3n) is 10.1. The van der Waals surface area contributed by atoms with Gasteiger partial charge in [-0.25, -0.2) is 9.97 Å². The summed E-state index contributed by atoms with van der Waals surface area (Å²) in [5.41, 5.74) is 6.53. The molecule has 1 unspecified atom stereocenters. The molecule has 0 spiro atoms. The van der Waals surface area contributed by atoms with E-state index in [-0.39, 0.29) is 17.9 Å². The van der Waals surface area contributed by atoms with Gasteiger partial charge in [-0.3, -0.25) is 14.5 Å². The number of ether oxygens (including phenoxy) is 2. The van der Waals surface area contributed by atoms with E-state index in [0.717, 1.165) is 45.6 Å². The molecule has 272 valence electrons. The highest BCUT2D eigenvalue weighted by Crippen LogP contribution is 2.44. The number of pyridine rings is 1. The monoisotopic (exact) mass is 745 g/mol. The fourth-order valence-electron chi connectivity index (χ4n) is 7.27. The van der Waals surface area contributed by atoms with Crippen LogP contribution in [0.1, 0.15) is 48.3 Å². The Hall–Kier alpha value is -4.49. The lowest BCUT2D eigenvalue weighted by Gasteiger charge is -2.29. The standard InChI is InChI=1S/C38H41Cl2N7O5/c1-51-36-23(17-41-18-24-10-12-33(48)42-24)9-11-29(44-36)27-7-3-5-25(34(27)39)26-6-4-8-31(35(26)40)47-19-28-30(20-47)43-32(45-37(28)52-2)21-46-15-13-22(14-16-46)38(49)50/h3-9,11,22,24,41H,10,12-21H2,1-2H3,(H,42,48)(H,49,50). The average Bonchev–Trinajstić information content (AvgIpc) is 3.77. The van der Waals surface area contributed by atoms with E-state index in [2.05, 4.69) is 20.4 Å². The van der Waals surface area contributed by atoms with Crippen LogP contribution in [0.5, 0.6) is 11.8 Å². The second-order valence-electron chi connectivity index (χ2n) is 13.4. The number of hydrogen-bond acceptors (Lipinski definition) is 10. The Morgan fingerprint density at radius 3 is 2.37 bits per heavy atom. The van der Waals surface area contributed by atoms with Crippen LogP contribution in [0.15, 0.2) is 48.5 Å². The summed E-state index contributed by atoms with van der Waals surface area (Å²) in [6, 6.07) is 15.8. The molecule has 7 rings (SSSR count). The Morgan fingerprint density at radius 1 is 0.923 bits per heavy atom. The van der Waals surface area contributed by atoms with Gasteiger partial charge in [0.1, 0.15) is 5.82 Å². The Bertz CT molecular complexity index is 1990. The molecule has 3 N–H and O–H groups in total. The molecule has 3 aliphatic rings. The van der Waals surface area contributed by atoms with Crippen LogP contribution in [0.25, 0.3) is 22.4 Å². The van der Waals surface area contributed by atoms with Gasteiger partial charge < -0.3 is 30.1 Å². The lowest BCUT2D eigenvalue weighted by Crippen LogP contribution is -2.36. The number of carboxylic acid groups (broad SMARTS) is 1. The van der Waals surface area contributed by atoms with Crippen LogP contribution in [0, 0.1) is 5.92 Å². The van der Waals surface area contributed by atoms with Crippen molar-refractivity contribution in [2.45, 2.75) is 57.9 Å². The van der Waals surface area contributed by atoms with Gasteiger partial charge in [0.05, 0.1) is 72.5 Å². The predicted octanol–water partition coefficient (Wildman–Crippen LogP) is 5.71. The van der Waals surface area contributed by atoms with Crippen LogP contribution in [0.4, 0.5) is 5.69 Å². The number of likely N-dealkylation sites (tertiary alicyclic amines) is 1. The second kappa shape index (κ2) is 15.6. The van der Waals surface area contributed by atoms with Crippen molar-refractivity contribution in [3.05, 3.63) is 81.2 Å². The number of fused-ring (bicyclic) bond motifs is 1. The second-order valence-corrected chi connectivity index (χ2v) is 14.2. The number of carboxylic acids is 1. The summed E-state index contributed by atoms with van der Waals surface area (Å²) in [6.07, 6.45) is 2.63. The number of amides is 1. The number of piperidine rings is 1.